The third-order valence-corrected chi connectivity index (χ3v) is 3.91. The topological polar surface area (TPSA) is 78.4 Å². The number of ether oxygens (including phenoxy) is 1. The summed E-state index contributed by atoms with van der Waals surface area (Å²) < 4.78 is 23.9. The molecule has 25 heavy (non-hydrogen) atoms. The minimum atomic E-state index is -0.535. The van der Waals surface area contributed by atoms with Crippen LogP contribution in [0.3, 0.4) is 0 Å². The molecule has 3 aromatic rings. The summed E-state index contributed by atoms with van der Waals surface area (Å²) in [5.41, 5.74) is 1.89. The number of nitro benzene ring substituents is 1. The van der Waals surface area contributed by atoms with Gasteiger partial charge in [-0.2, -0.15) is 0 Å². The molecular weight excluding hydrogens is 351 g/mol. The zero-order valence-corrected chi connectivity index (χ0v) is 13.8. The van der Waals surface area contributed by atoms with Crippen molar-refractivity contribution in [1.82, 2.24) is 5.16 Å². The lowest BCUT2D eigenvalue weighted by molar-refractivity contribution is -0.384. The molecule has 0 N–H and O–H groups in total. The molecule has 1 aromatic heterocycles. The first-order valence-corrected chi connectivity index (χ1v) is 7.61. The van der Waals surface area contributed by atoms with Crippen LogP contribution in [0.5, 0.6) is 5.75 Å². The SMILES string of the molecule is Cc1c(COc2ccc([N+](=O)[O-])cc2Cl)noc1-c1ccc(F)cc1. The Labute approximate surface area is 146 Å². The Morgan fingerprint density at radius 1 is 1.28 bits per heavy atom. The first-order valence-electron chi connectivity index (χ1n) is 7.23. The highest BCUT2D eigenvalue weighted by Gasteiger charge is 2.16. The van der Waals surface area contributed by atoms with Crippen LogP contribution in [0.25, 0.3) is 11.3 Å². The van der Waals surface area contributed by atoms with Crippen LogP contribution >= 0.6 is 11.6 Å². The van der Waals surface area contributed by atoms with Gasteiger partial charge in [-0.3, -0.25) is 10.1 Å². The Morgan fingerprint density at radius 2 is 2.00 bits per heavy atom. The fourth-order valence-corrected chi connectivity index (χ4v) is 2.47. The van der Waals surface area contributed by atoms with E-state index in [1.807, 2.05) is 6.92 Å². The fraction of sp³-hybridized carbons (Fsp3) is 0.118. The summed E-state index contributed by atoms with van der Waals surface area (Å²) in [6.07, 6.45) is 0. The van der Waals surface area contributed by atoms with E-state index in [0.29, 0.717) is 22.8 Å². The number of hydrogen-bond donors (Lipinski definition) is 0. The van der Waals surface area contributed by atoms with Crippen molar-refractivity contribution in [1.29, 1.82) is 0 Å². The molecular formula is C17H12ClFN2O4. The average Bonchev–Trinajstić information content (AvgIpc) is 2.95. The molecule has 2 aromatic carbocycles. The van der Waals surface area contributed by atoms with Crippen molar-refractivity contribution in [3.05, 3.63) is 74.7 Å². The third-order valence-electron chi connectivity index (χ3n) is 3.62. The molecule has 0 radical (unpaired) electrons. The Kier molecular flexibility index (Phi) is 4.67. The molecule has 0 bridgehead atoms. The van der Waals surface area contributed by atoms with E-state index >= 15 is 0 Å². The number of benzene rings is 2. The van der Waals surface area contributed by atoms with E-state index in [1.165, 1.54) is 30.3 Å². The van der Waals surface area contributed by atoms with E-state index in [1.54, 1.807) is 12.1 Å². The molecule has 0 saturated heterocycles. The van der Waals surface area contributed by atoms with E-state index in [2.05, 4.69) is 5.16 Å². The predicted molar refractivity (Wildman–Crippen MR) is 89.1 cm³/mol. The molecule has 128 valence electrons. The van der Waals surface area contributed by atoms with Crippen molar-refractivity contribution in [3.8, 4) is 17.1 Å². The fourth-order valence-electron chi connectivity index (χ4n) is 2.24. The van der Waals surface area contributed by atoms with Crippen molar-refractivity contribution >= 4 is 17.3 Å². The van der Waals surface area contributed by atoms with Crippen LogP contribution < -0.4 is 4.74 Å². The van der Waals surface area contributed by atoms with Gasteiger partial charge in [-0.15, -0.1) is 0 Å². The monoisotopic (exact) mass is 362 g/mol. The van der Waals surface area contributed by atoms with Gasteiger partial charge in [0, 0.05) is 23.3 Å². The van der Waals surface area contributed by atoms with Crippen LogP contribution in [0, 0.1) is 22.9 Å². The second kappa shape index (κ2) is 6.90. The zero-order chi connectivity index (χ0) is 18.0. The molecule has 0 aliphatic carbocycles. The van der Waals surface area contributed by atoms with Gasteiger partial charge in [0.1, 0.15) is 23.9 Å². The van der Waals surface area contributed by atoms with Crippen LogP contribution in [-0.2, 0) is 6.61 Å². The van der Waals surface area contributed by atoms with Crippen LogP contribution in [-0.4, -0.2) is 10.1 Å². The summed E-state index contributed by atoms with van der Waals surface area (Å²) in [5, 5.41) is 14.8. The van der Waals surface area contributed by atoms with Crippen LogP contribution in [0.1, 0.15) is 11.3 Å². The third kappa shape index (κ3) is 3.61. The maximum Gasteiger partial charge on any atom is 0.271 e. The summed E-state index contributed by atoms with van der Waals surface area (Å²) in [4.78, 5) is 10.2. The number of halogens is 2. The lowest BCUT2D eigenvalue weighted by Gasteiger charge is -2.06. The molecule has 0 amide bonds. The quantitative estimate of drug-likeness (QED) is 0.475. The summed E-state index contributed by atoms with van der Waals surface area (Å²) in [6, 6.07) is 9.82. The first kappa shape index (κ1) is 16.9. The van der Waals surface area contributed by atoms with Gasteiger partial charge in [-0.1, -0.05) is 16.8 Å². The van der Waals surface area contributed by atoms with E-state index in [4.69, 9.17) is 20.9 Å². The van der Waals surface area contributed by atoms with Gasteiger partial charge >= 0.3 is 0 Å². The second-order valence-corrected chi connectivity index (χ2v) is 5.66. The highest BCUT2D eigenvalue weighted by Crippen LogP contribution is 2.31. The highest BCUT2D eigenvalue weighted by molar-refractivity contribution is 6.32. The lowest BCUT2D eigenvalue weighted by atomic mass is 10.1. The lowest BCUT2D eigenvalue weighted by Crippen LogP contribution is -1.98. The Bertz CT molecular complexity index is 925. The largest absolute Gasteiger partial charge is 0.486 e. The molecule has 6 nitrogen and oxygen atoms in total. The second-order valence-electron chi connectivity index (χ2n) is 5.25. The summed E-state index contributed by atoms with van der Waals surface area (Å²) in [6.45, 7) is 1.89. The van der Waals surface area contributed by atoms with Gasteiger partial charge in [0.25, 0.3) is 5.69 Å². The maximum atomic E-state index is 13.0. The molecule has 0 fully saturated rings. The van der Waals surface area contributed by atoms with Gasteiger partial charge < -0.3 is 9.26 Å². The summed E-state index contributed by atoms with van der Waals surface area (Å²) in [7, 11) is 0. The Morgan fingerprint density at radius 3 is 2.64 bits per heavy atom. The Balaban J connectivity index is 1.76. The van der Waals surface area contributed by atoms with Crippen molar-refractivity contribution in [3.63, 3.8) is 0 Å². The first-order chi connectivity index (χ1) is 12.0. The van der Waals surface area contributed by atoms with Gasteiger partial charge in [0.05, 0.1) is 9.95 Å². The average molecular weight is 363 g/mol. The van der Waals surface area contributed by atoms with Crippen molar-refractivity contribution in [2.24, 2.45) is 0 Å². The van der Waals surface area contributed by atoms with Crippen molar-refractivity contribution in [2.45, 2.75) is 13.5 Å². The number of rotatable bonds is 5. The molecule has 0 aliphatic heterocycles. The molecule has 1 heterocycles. The maximum absolute atomic E-state index is 13.0. The van der Waals surface area contributed by atoms with Crippen molar-refractivity contribution < 1.29 is 18.6 Å². The number of nitrogens with zero attached hydrogens (tertiary/aromatic N) is 2. The van der Waals surface area contributed by atoms with Crippen LogP contribution in [0.15, 0.2) is 47.0 Å². The van der Waals surface area contributed by atoms with E-state index < -0.39 is 4.92 Å². The van der Waals surface area contributed by atoms with Gasteiger partial charge in [0.15, 0.2) is 5.76 Å². The van der Waals surface area contributed by atoms with Gasteiger partial charge in [0.2, 0.25) is 0 Å². The number of nitro groups is 1. The van der Waals surface area contributed by atoms with E-state index in [9.17, 15) is 14.5 Å². The Hall–Kier alpha value is -2.93. The normalized spacial score (nSPS) is 10.7. The molecule has 3 rings (SSSR count). The number of aromatic nitrogens is 1. The number of non-ortho nitro benzene ring substituents is 1. The van der Waals surface area contributed by atoms with Crippen molar-refractivity contribution in [2.75, 3.05) is 0 Å². The molecule has 0 unspecified atom stereocenters. The van der Waals surface area contributed by atoms with Gasteiger partial charge in [-0.25, -0.2) is 4.39 Å². The van der Waals surface area contributed by atoms with Crippen LogP contribution in [0.2, 0.25) is 5.02 Å². The van der Waals surface area contributed by atoms with E-state index in [0.717, 1.165) is 5.56 Å². The smallest absolute Gasteiger partial charge is 0.271 e. The molecule has 0 aliphatic rings. The summed E-state index contributed by atoms with van der Waals surface area (Å²) >= 11 is 5.99. The minimum Gasteiger partial charge on any atom is -0.486 e. The minimum absolute atomic E-state index is 0.0774. The highest BCUT2D eigenvalue weighted by atomic mass is 35.5. The van der Waals surface area contributed by atoms with E-state index in [-0.39, 0.29) is 23.1 Å². The van der Waals surface area contributed by atoms with Gasteiger partial charge in [-0.05, 0) is 37.3 Å². The molecule has 0 spiro atoms. The zero-order valence-electron chi connectivity index (χ0n) is 13.0. The molecule has 0 saturated carbocycles. The molecule has 0 atom stereocenters. The summed E-state index contributed by atoms with van der Waals surface area (Å²) in [5.74, 6) is 0.490. The molecule has 8 heteroatoms. The standard InChI is InChI=1S/C17H12ClFN2O4/c1-10-15(20-25-17(10)11-2-4-12(19)5-3-11)9-24-16-7-6-13(21(22)23)8-14(16)18/h2-8H,9H2,1H3. The van der Waals surface area contributed by atoms with Crippen LogP contribution in [0.4, 0.5) is 10.1 Å². The predicted octanol–water partition coefficient (Wildman–Crippen LogP) is 4.93. The number of hydrogen-bond acceptors (Lipinski definition) is 5.